The summed E-state index contributed by atoms with van der Waals surface area (Å²) in [7, 11) is 2.25. The Morgan fingerprint density at radius 1 is 1.35 bits per heavy atom. The highest BCUT2D eigenvalue weighted by atomic mass is 79.9. The van der Waals surface area contributed by atoms with Gasteiger partial charge >= 0.3 is 0 Å². The van der Waals surface area contributed by atoms with E-state index in [1.165, 1.54) is 41.4 Å². The molecule has 0 spiro atoms. The fourth-order valence-corrected chi connectivity index (χ4v) is 3.86. The molecule has 2 aliphatic heterocycles. The number of benzene rings is 1. The van der Waals surface area contributed by atoms with Crippen molar-refractivity contribution < 1.29 is 4.74 Å². The summed E-state index contributed by atoms with van der Waals surface area (Å²) < 4.78 is 7.01. The SMILES string of the molecule is CN(Cc1cc(Br)cc2c1OCC2)C1CCCNCC1. The van der Waals surface area contributed by atoms with E-state index in [1.54, 1.807) is 0 Å². The third-order valence-corrected chi connectivity index (χ3v) is 4.87. The average molecular weight is 339 g/mol. The molecule has 1 unspecified atom stereocenters. The number of halogens is 1. The lowest BCUT2D eigenvalue weighted by Gasteiger charge is -2.27. The van der Waals surface area contributed by atoms with E-state index in [4.69, 9.17) is 4.74 Å². The van der Waals surface area contributed by atoms with Gasteiger partial charge in [-0.25, -0.2) is 0 Å². The lowest BCUT2D eigenvalue weighted by molar-refractivity contribution is 0.213. The molecule has 4 heteroatoms. The number of rotatable bonds is 3. The molecule has 0 bridgehead atoms. The van der Waals surface area contributed by atoms with Crippen LogP contribution in [0.15, 0.2) is 16.6 Å². The smallest absolute Gasteiger partial charge is 0.127 e. The fourth-order valence-electron chi connectivity index (χ4n) is 3.30. The molecule has 0 amide bonds. The minimum absolute atomic E-state index is 0.682. The van der Waals surface area contributed by atoms with Gasteiger partial charge in [0.2, 0.25) is 0 Å². The lowest BCUT2D eigenvalue weighted by Crippen LogP contribution is -2.32. The molecule has 110 valence electrons. The highest BCUT2D eigenvalue weighted by molar-refractivity contribution is 9.10. The van der Waals surface area contributed by atoms with Crippen LogP contribution >= 0.6 is 15.9 Å². The molecule has 0 radical (unpaired) electrons. The van der Waals surface area contributed by atoms with Crippen LogP contribution in [0, 0.1) is 0 Å². The van der Waals surface area contributed by atoms with Crippen molar-refractivity contribution in [2.45, 2.75) is 38.3 Å². The normalized spacial score (nSPS) is 22.4. The minimum Gasteiger partial charge on any atom is -0.493 e. The molecule has 1 N–H and O–H groups in total. The predicted octanol–water partition coefficient (Wildman–Crippen LogP) is 2.96. The van der Waals surface area contributed by atoms with Crippen molar-refractivity contribution in [3.05, 3.63) is 27.7 Å². The average Bonchev–Trinajstić information content (AvgIpc) is 2.72. The second-order valence-corrected chi connectivity index (χ2v) is 6.82. The van der Waals surface area contributed by atoms with Gasteiger partial charge in [-0.3, -0.25) is 4.90 Å². The zero-order valence-electron chi connectivity index (χ0n) is 12.1. The summed E-state index contributed by atoms with van der Waals surface area (Å²) in [5.74, 6) is 1.13. The lowest BCUT2D eigenvalue weighted by atomic mass is 10.0. The monoisotopic (exact) mass is 338 g/mol. The van der Waals surface area contributed by atoms with E-state index >= 15 is 0 Å². The summed E-state index contributed by atoms with van der Waals surface area (Å²) in [6.07, 6.45) is 4.86. The minimum atomic E-state index is 0.682. The summed E-state index contributed by atoms with van der Waals surface area (Å²) in [4.78, 5) is 2.50. The summed E-state index contributed by atoms with van der Waals surface area (Å²) >= 11 is 3.63. The first kappa shape index (κ1) is 14.4. The Hall–Kier alpha value is -0.580. The number of nitrogens with zero attached hydrogens (tertiary/aromatic N) is 1. The molecule has 1 saturated heterocycles. The van der Waals surface area contributed by atoms with Crippen molar-refractivity contribution in [3.8, 4) is 5.75 Å². The molecule has 0 saturated carbocycles. The quantitative estimate of drug-likeness (QED) is 0.916. The Morgan fingerprint density at radius 2 is 2.25 bits per heavy atom. The first-order valence-electron chi connectivity index (χ1n) is 7.59. The van der Waals surface area contributed by atoms with Crippen LogP contribution < -0.4 is 10.1 Å². The van der Waals surface area contributed by atoms with Crippen molar-refractivity contribution in [2.75, 3.05) is 26.7 Å². The molecule has 2 heterocycles. The van der Waals surface area contributed by atoms with Gasteiger partial charge < -0.3 is 10.1 Å². The van der Waals surface area contributed by atoms with Gasteiger partial charge in [0, 0.05) is 29.0 Å². The van der Waals surface area contributed by atoms with Crippen LogP contribution in [0.5, 0.6) is 5.75 Å². The maximum Gasteiger partial charge on any atom is 0.127 e. The molecule has 1 fully saturated rings. The molecule has 3 nitrogen and oxygen atoms in total. The Bertz CT molecular complexity index is 470. The molecule has 1 aromatic carbocycles. The topological polar surface area (TPSA) is 24.5 Å². The zero-order chi connectivity index (χ0) is 13.9. The van der Waals surface area contributed by atoms with E-state index in [1.807, 2.05) is 0 Å². The van der Waals surface area contributed by atoms with E-state index in [0.717, 1.165) is 31.9 Å². The maximum atomic E-state index is 5.84. The van der Waals surface area contributed by atoms with E-state index in [-0.39, 0.29) is 0 Å². The van der Waals surface area contributed by atoms with E-state index in [2.05, 4.69) is 45.3 Å². The predicted molar refractivity (Wildman–Crippen MR) is 85.3 cm³/mol. The van der Waals surface area contributed by atoms with Crippen LogP contribution in [0.3, 0.4) is 0 Å². The van der Waals surface area contributed by atoms with Gasteiger partial charge in [0.15, 0.2) is 0 Å². The second kappa shape index (κ2) is 6.46. The first-order chi connectivity index (χ1) is 9.74. The summed E-state index contributed by atoms with van der Waals surface area (Å²) in [6, 6.07) is 5.10. The van der Waals surface area contributed by atoms with Crippen LogP contribution in [0.2, 0.25) is 0 Å². The summed E-state index contributed by atoms with van der Waals surface area (Å²) in [5.41, 5.74) is 2.68. The largest absolute Gasteiger partial charge is 0.493 e. The molecule has 20 heavy (non-hydrogen) atoms. The number of nitrogens with one attached hydrogen (secondary N) is 1. The van der Waals surface area contributed by atoms with E-state index in [0.29, 0.717) is 6.04 Å². The number of fused-ring (bicyclic) bond motifs is 1. The number of hydrogen-bond acceptors (Lipinski definition) is 3. The van der Waals surface area contributed by atoms with Gasteiger partial charge in [0.05, 0.1) is 6.61 Å². The fraction of sp³-hybridized carbons (Fsp3) is 0.625. The van der Waals surface area contributed by atoms with Crippen molar-refractivity contribution in [1.82, 2.24) is 10.2 Å². The van der Waals surface area contributed by atoms with Crippen molar-refractivity contribution in [1.29, 1.82) is 0 Å². The number of ether oxygens (including phenoxy) is 1. The van der Waals surface area contributed by atoms with Crippen molar-refractivity contribution in [2.24, 2.45) is 0 Å². The van der Waals surface area contributed by atoms with E-state index in [9.17, 15) is 0 Å². The van der Waals surface area contributed by atoms with Gasteiger partial charge in [-0.1, -0.05) is 15.9 Å². The second-order valence-electron chi connectivity index (χ2n) is 5.90. The van der Waals surface area contributed by atoms with Crippen molar-refractivity contribution in [3.63, 3.8) is 0 Å². The van der Waals surface area contributed by atoms with Gasteiger partial charge in [0.25, 0.3) is 0 Å². The first-order valence-corrected chi connectivity index (χ1v) is 8.38. The Kier molecular flexibility index (Phi) is 4.64. The third kappa shape index (κ3) is 3.18. The summed E-state index contributed by atoms with van der Waals surface area (Å²) in [5, 5.41) is 3.49. The van der Waals surface area contributed by atoms with Crippen molar-refractivity contribution >= 4 is 15.9 Å². The van der Waals surface area contributed by atoms with Crippen LogP contribution in [-0.2, 0) is 13.0 Å². The van der Waals surface area contributed by atoms with Gasteiger partial charge in [-0.05, 0) is 57.1 Å². The maximum absolute atomic E-state index is 5.84. The molecule has 1 atom stereocenters. The summed E-state index contributed by atoms with van der Waals surface area (Å²) in [6.45, 7) is 4.12. The Balaban J connectivity index is 1.73. The standard InChI is InChI=1S/C16H23BrN2O/c1-19(15-3-2-6-18-7-4-15)11-13-10-14(17)9-12-5-8-20-16(12)13/h9-10,15,18H,2-8,11H2,1H3. The highest BCUT2D eigenvalue weighted by Gasteiger charge is 2.21. The molecule has 2 aliphatic rings. The molecular formula is C16H23BrN2O. The molecular weight excluding hydrogens is 316 g/mol. The number of hydrogen-bond donors (Lipinski definition) is 1. The van der Waals surface area contributed by atoms with E-state index < -0.39 is 0 Å². The highest BCUT2D eigenvalue weighted by Crippen LogP contribution is 2.34. The Labute approximate surface area is 129 Å². The molecule has 3 rings (SSSR count). The van der Waals surface area contributed by atoms with Gasteiger partial charge in [-0.15, -0.1) is 0 Å². The molecule has 0 aliphatic carbocycles. The third-order valence-electron chi connectivity index (χ3n) is 4.41. The van der Waals surface area contributed by atoms with Gasteiger partial charge in [-0.2, -0.15) is 0 Å². The van der Waals surface area contributed by atoms with Crippen LogP contribution in [0.4, 0.5) is 0 Å². The van der Waals surface area contributed by atoms with Crippen LogP contribution in [-0.4, -0.2) is 37.7 Å². The molecule has 0 aromatic heterocycles. The van der Waals surface area contributed by atoms with Crippen LogP contribution in [0.25, 0.3) is 0 Å². The Morgan fingerprint density at radius 3 is 3.15 bits per heavy atom. The van der Waals surface area contributed by atoms with Gasteiger partial charge in [0.1, 0.15) is 5.75 Å². The van der Waals surface area contributed by atoms with Crippen LogP contribution in [0.1, 0.15) is 30.4 Å². The molecule has 1 aromatic rings. The zero-order valence-corrected chi connectivity index (χ0v) is 13.7.